The molecule has 1 aliphatic heterocycles. The molecule has 1 heterocycles. The maximum absolute atomic E-state index is 12.2. The van der Waals surface area contributed by atoms with Gasteiger partial charge in [-0.2, -0.15) is 0 Å². The number of hydrogen-bond acceptors (Lipinski definition) is 4. The van der Waals surface area contributed by atoms with E-state index < -0.39 is 12.1 Å². The first kappa shape index (κ1) is 18.9. The Morgan fingerprint density at radius 1 is 1.24 bits per heavy atom. The van der Waals surface area contributed by atoms with Crippen molar-refractivity contribution in [1.29, 1.82) is 0 Å². The first-order valence-corrected chi connectivity index (χ1v) is 8.19. The molecule has 1 aliphatic rings. The number of carboxylic acids is 1. The van der Waals surface area contributed by atoms with Gasteiger partial charge in [0.05, 0.1) is 19.7 Å². The summed E-state index contributed by atoms with van der Waals surface area (Å²) in [7, 11) is 0. The maximum Gasteiger partial charge on any atom is 0.334 e. The molecule has 0 aromatic heterocycles. The highest BCUT2D eigenvalue weighted by atomic mass is 16.5. The minimum Gasteiger partial charge on any atom is -0.479 e. The summed E-state index contributed by atoms with van der Waals surface area (Å²) in [6, 6.07) is 7.26. The largest absolute Gasteiger partial charge is 0.479 e. The number of ether oxygens (including phenoxy) is 1. The van der Waals surface area contributed by atoms with Crippen molar-refractivity contribution in [2.75, 3.05) is 26.2 Å². The maximum atomic E-state index is 12.2. The molecule has 1 unspecified atom stereocenters. The summed E-state index contributed by atoms with van der Waals surface area (Å²) in [5.74, 6) is -1.76. The van der Waals surface area contributed by atoms with Gasteiger partial charge in [0.25, 0.3) is 5.91 Å². The van der Waals surface area contributed by atoms with Crippen LogP contribution in [0.2, 0.25) is 0 Å². The van der Waals surface area contributed by atoms with Crippen LogP contribution < -0.4 is 5.32 Å². The molecule has 0 radical (unpaired) electrons. The van der Waals surface area contributed by atoms with Gasteiger partial charge in [0.2, 0.25) is 5.91 Å². The highest BCUT2D eigenvalue weighted by molar-refractivity contribution is 5.96. The summed E-state index contributed by atoms with van der Waals surface area (Å²) in [6.45, 7) is 6.58. The van der Waals surface area contributed by atoms with Crippen molar-refractivity contribution >= 4 is 17.8 Å². The number of aliphatic carboxylic acids is 1. The van der Waals surface area contributed by atoms with Crippen molar-refractivity contribution < 1.29 is 24.2 Å². The molecule has 25 heavy (non-hydrogen) atoms. The molecule has 2 N–H and O–H groups in total. The van der Waals surface area contributed by atoms with E-state index in [2.05, 4.69) is 26.1 Å². The van der Waals surface area contributed by atoms with Crippen molar-refractivity contribution in [2.24, 2.45) is 0 Å². The molecule has 2 rings (SSSR count). The first-order valence-electron chi connectivity index (χ1n) is 8.19. The second kappa shape index (κ2) is 7.65. The van der Waals surface area contributed by atoms with Crippen LogP contribution in [0.25, 0.3) is 0 Å². The zero-order chi connectivity index (χ0) is 18.6. The molecule has 0 bridgehead atoms. The van der Waals surface area contributed by atoms with Crippen molar-refractivity contribution in [3.8, 4) is 0 Å². The van der Waals surface area contributed by atoms with Gasteiger partial charge in [0.15, 0.2) is 6.10 Å². The Morgan fingerprint density at radius 3 is 2.44 bits per heavy atom. The minimum atomic E-state index is -1.10. The molecular weight excluding hydrogens is 324 g/mol. The van der Waals surface area contributed by atoms with E-state index in [9.17, 15) is 14.4 Å². The number of amides is 2. The van der Waals surface area contributed by atoms with E-state index in [-0.39, 0.29) is 36.9 Å². The fourth-order valence-electron chi connectivity index (χ4n) is 2.52. The molecule has 0 saturated carbocycles. The standard InChI is InChI=1S/C18H24N2O5/c1-18(2,3)13-6-4-12(5-7-13)16(22)19-10-15(21)20-8-9-25-14(11-20)17(23)24/h4-7,14H,8-11H2,1-3H3,(H,19,22)(H,23,24). The monoisotopic (exact) mass is 348 g/mol. The summed E-state index contributed by atoms with van der Waals surface area (Å²) in [5.41, 5.74) is 1.60. The van der Waals surface area contributed by atoms with Gasteiger partial charge >= 0.3 is 5.97 Å². The number of benzene rings is 1. The van der Waals surface area contributed by atoms with Crippen LogP contribution >= 0.6 is 0 Å². The van der Waals surface area contributed by atoms with E-state index in [1.54, 1.807) is 12.1 Å². The molecule has 1 aromatic carbocycles. The van der Waals surface area contributed by atoms with Gasteiger partial charge in [0, 0.05) is 12.1 Å². The SMILES string of the molecule is CC(C)(C)c1ccc(C(=O)NCC(=O)N2CCOC(C(=O)O)C2)cc1. The van der Waals surface area contributed by atoms with Crippen molar-refractivity contribution in [3.05, 3.63) is 35.4 Å². The Labute approximate surface area is 147 Å². The Morgan fingerprint density at radius 2 is 1.88 bits per heavy atom. The average Bonchev–Trinajstić information content (AvgIpc) is 2.58. The molecule has 2 amide bonds. The van der Waals surface area contributed by atoms with Crippen LogP contribution in [0.4, 0.5) is 0 Å². The fraction of sp³-hybridized carbons (Fsp3) is 0.500. The number of hydrogen-bond donors (Lipinski definition) is 2. The molecule has 0 spiro atoms. The van der Waals surface area contributed by atoms with Crippen molar-refractivity contribution in [2.45, 2.75) is 32.3 Å². The highest BCUT2D eigenvalue weighted by Crippen LogP contribution is 2.22. The molecule has 7 heteroatoms. The second-order valence-corrected chi connectivity index (χ2v) is 7.05. The Balaban J connectivity index is 1.89. The molecule has 0 aliphatic carbocycles. The van der Waals surface area contributed by atoms with E-state index in [0.717, 1.165) is 5.56 Å². The topological polar surface area (TPSA) is 95.9 Å². The third-order valence-corrected chi connectivity index (χ3v) is 4.11. The van der Waals surface area contributed by atoms with Crippen LogP contribution in [0.1, 0.15) is 36.7 Å². The average molecular weight is 348 g/mol. The molecule has 1 atom stereocenters. The van der Waals surface area contributed by atoms with Gasteiger partial charge in [-0.3, -0.25) is 9.59 Å². The van der Waals surface area contributed by atoms with Gasteiger partial charge < -0.3 is 20.1 Å². The van der Waals surface area contributed by atoms with Crippen LogP contribution in [-0.4, -0.2) is 60.1 Å². The van der Waals surface area contributed by atoms with Crippen LogP contribution in [-0.2, 0) is 19.7 Å². The number of nitrogens with one attached hydrogen (secondary N) is 1. The zero-order valence-corrected chi connectivity index (χ0v) is 14.7. The van der Waals surface area contributed by atoms with Crippen LogP contribution in [0.3, 0.4) is 0 Å². The third-order valence-electron chi connectivity index (χ3n) is 4.11. The lowest BCUT2D eigenvalue weighted by molar-refractivity contribution is -0.159. The quantitative estimate of drug-likeness (QED) is 0.847. The van der Waals surface area contributed by atoms with Gasteiger partial charge in [-0.15, -0.1) is 0 Å². The summed E-state index contributed by atoms with van der Waals surface area (Å²) >= 11 is 0. The number of carboxylic acid groups (broad SMARTS) is 1. The van der Waals surface area contributed by atoms with Crippen molar-refractivity contribution in [3.63, 3.8) is 0 Å². The molecule has 7 nitrogen and oxygen atoms in total. The van der Waals surface area contributed by atoms with Crippen LogP contribution in [0.15, 0.2) is 24.3 Å². The number of morpholine rings is 1. The van der Waals surface area contributed by atoms with E-state index in [4.69, 9.17) is 9.84 Å². The van der Waals surface area contributed by atoms with Crippen LogP contribution in [0, 0.1) is 0 Å². The number of carbonyl (C=O) groups is 3. The Kier molecular flexibility index (Phi) is 5.79. The lowest BCUT2D eigenvalue weighted by Crippen LogP contribution is -2.51. The lowest BCUT2D eigenvalue weighted by Gasteiger charge is -2.30. The third kappa shape index (κ3) is 5.03. The Hall–Kier alpha value is -2.41. The fourth-order valence-corrected chi connectivity index (χ4v) is 2.52. The molecular formula is C18H24N2O5. The minimum absolute atomic E-state index is 0.00197. The Bertz CT molecular complexity index is 648. The predicted octanol–water partition coefficient (Wildman–Crippen LogP) is 1.03. The van der Waals surface area contributed by atoms with E-state index >= 15 is 0 Å². The zero-order valence-electron chi connectivity index (χ0n) is 14.7. The van der Waals surface area contributed by atoms with Crippen LogP contribution in [0.5, 0.6) is 0 Å². The van der Waals surface area contributed by atoms with Gasteiger partial charge in [-0.1, -0.05) is 32.9 Å². The van der Waals surface area contributed by atoms with E-state index in [1.807, 2.05) is 12.1 Å². The summed E-state index contributed by atoms with van der Waals surface area (Å²) in [6.07, 6.45) is -1.02. The molecule has 1 aromatic rings. The van der Waals surface area contributed by atoms with Crippen molar-refractivity contribution in [1.82, 2.24) is 10.2 Å². The normalized spacial score (nSPS) is 17.9. The summed E-state index contributed by atoms with van der Waals surface area (Å²) in [5, 5.41) is 11.5. The summed E-state index contributed by atoms with van der Waals surface area (Å²) < 4.78 is 5.07. The van der Waals surface area contributed by atoms with Gasteiger partial charge in [0.1, 0.15) is 0 Å². The number of carbonyl (C=O) groups excluding carboxylic acids is 2. The van der Waals surface area contributed by atoms with Gasteiger partial charge in [-0.05, 0) is 23.1 Å². The summed E-state index contributed by atoms with van der Waals surface area (Å²) in [4.78, 5) is 36.6. The predicted molar refractivity (Wildman–Crippen MR) is 91.4 cm³/mol. The van der Waals surface area contributed by atoms with E-state index in [1.165, 1.54) is 4.90 Å². The smallest absolute Gasteiger partial charge is 0.334 e. The van der Waals surface area contributed by atoms with Gasteiger partial charge in [-0.25, -0.2) is 4.79 Å². The molecule has 1 saturated heterocycles. The highest BCUT2D eigenvalue weighted by Gasteiger charge is 2.28. The number of rotatable bonds is 4. The first-order chi connectivity index (χ1) is 11.7. The van der Waals surface area contributed by atoms with E-state index in [0.29, 0.717) is 12.1 Å². The lowest BCUT2D eigenvalue weighted by atomic mass is 9.87. The molecule has 1 fully saturated rings. The molecule has 136 valence electrons. The second-order valence-electron chi connectivity index (χ2n) is 7.05. The number of nitrogens with zero attached hydrogens (tertiary/aromatic N) is 1.